The van der Waals surface area contributed by atoms with Gasteiger partial charge in [-0.05, 0) is 49.1 Å². The molecule has 1 saturated heterocycles. The zero-order valence-electron chi connectivity index (χ0n) is 15.8. The lowest BCUT2D eigenvalue weighted by atomic mass is 9.96. The van der Waals surface area contributed by atoms with Crippen LogP contribution in [0.2, 0.25) is 5.02 Å². The third kappa shape index (κ3) is 4.74. The first-order valence-electron chi connectivity index (χ1n) is 9.53. The summed E-state index contributed by atoms with van der Waals surface area (Å²) in [6.45, 7) is 2.73. The fourth-order valence-electron chi connectivity index (χ4n) is 3.51. The van der Waals surface area contributed by atoms with E-state index in [2.05, 4.69) is 5.32 Å². The number of rotatable bonds is 6. The first-order chi connectivity index (χ1) is 13.4. The predicted molar refractivity (Wildman–Crippen MR) is 111 cm³/mol. The Kier molecular flexibility index (Phi) is 6.75. The van der Waals surface area contributed by atoms with Gasteiger partial charge in [-0.15, -0.1) is 0 Å². The van der Waals surface area contributed by atoms with E-state index in [0.29, 0.717) is 35.8 Å². The van der Waals surface area contributed by atoms with Gasteiger partial charge in [-0.1, -0.05) is 48.9 Å². The van der Waals surface area contributed by atoms with Crippen LogP contribution in [0.25, 0.3) is 0 Å². The average Bonchev–Trinajstić information content (AvgIpc) is 2.73. The van der Waals surface area contributed by atoms with Crippen molar-refractivity contribution in [2.24, 2.45) is 5.92 Å². The maximum absolute atomic E-state index is 12.7. The number of sulfonamides is 1. The molecular weight excluding hydrogens is 396 g/mol. The van der Waals surface area contributed by atoms with Gasteiger partial charge in [0.1, 0.15) is 0 Å². The third-order valence-corrected chi connectivity index (χ3v) is 7.37. The molecule has 0 aliphatic carbocycles. The maximum Gasteiger partial charge on any atom is 0.243 e. The Morgan fingerprint density at radius 1 is 1.11 bits per heavy atom. The van der Waals surface area contributed by atoms with Gasteiger partial charge in [0.15, 0.2) is 0 Å². The molecule has 2 aromatic carbocycles. The van der Waals surface area contributed by atoms with E-state index in [-0.39, 0.29) is 17.9 Å². The van der Waals surface area contributed by atoms with Crippen LogP contribution in [0.3, 0.4) is 0 Å². The lowest BCUT2D eigenvalue weighted by Crippen LogP contribution is -2.43. The van der Waals surface area contributed by atoms with E-state index in [1.807, 2.05) is 31.2 Å². The molecule has 1 atom stereocenters. The normalized spacial score (nSPS) is 17.2. The van der Waals surface area contributed by atoms with Gasteiger partial charge in [-0.2, -0.15) is 4.31 Å². The van der Waals surface area contributed by atoms with Crippen molar-refractivity contribution in [3.63, 3.8) is 0 Å². The summed E-state index contributed by atoms with van der Waals surface area (Å²) >= 11 is 5.94. The summed E-state index contributed by atoms with van der Waals surface area (Å²) in [4.78, 5) is 13.0. The molecule has 1 aliphatic rings. The van der Waals surface area contributed by atoms with Gasteiger partial charge in [0.25, 0.3) is 0 Å². The summed E-state index contributed by atoms with van der Waals surface area (Å²) in [5.74, 6) is -0.192. The Hall–Kier alpha value is -1.89. The number of carbonyl (C=O) groups excluding carboxylic acids is 1. The topological polar surface area (TPSA) is 66.5 Å². The highest BCUT2D eigenvalue weighted by Gasteiger charge is 2.32. The molecule has 0 aromatic heterocycles. The van der Waals surface area contributed by atoms with Crippen LogP contribution in [-0.2, 0) is 14.8 Å². The molecule has 0 spiro atoms. The Labute approximate surface area is 171 Å². The van der Waals surface area contributed by atoms with Crippen LogP contribution in [0.5, 0.6) is 0 Å². The van der Waals surface area contributed by atoms with Crippen molar-refractivity contribution < 1.29 is 13.2 Å². The molecule has 1 aliphatic heterocycles. The van der Waals surface area contributed by atoms with Crippen molar-refractivity contribution in [1.82, 2.24) is 9.62 Å². The average molecular weight is 421 g/mol. The highest BCUT2D eigenvalue weighted by atomic mass is 35.5. The van der Waals surface area contributed by atoms with Crippen LogP contribution < -0.4 is 5.32 Å². The fraction of sp³-hybridized carbons (Fsp3) is 0.381. The number of nitrogens with zero attached hydrogens (tertiary/aromatic N) is 1. The van der Waals surface area contributed by atoms with Crippen molar-refractivity contribution in [3.8, 4) is 0 Å². The number of nitrogens with one attached hydrogen (secondary N) is 1. The maximum atomic E-state index is 12.7. The number of carbonyl (C=O) groups is 1. The first kappa shape index (κ1) is 20.8. The van der Waals surface area contributed by atoms with E-state index in [0.717, 1.165) is 12.0 Å². The van der Waals surface area contributed by atoms with E-state index >= 15 is 0 Å². The molecule has 2 aromatic rings. The number of amides is 1. The van der Waals surface area contributed by atoms with Gasteiger partial charge < -0.3 is 5.32 Å². The van der Waals surface area contributed by atoms with Crippen LogP contribution >= 0.6 is 11.6 Å². The van der Waals surface area contributed by atoms with Crippen molar-refractivity contribution in [3.05, 3.63) is 65.2 Å². The molecule has 28 heavy (non-hydrogen) atoms. The SMILES string of the molecule is CCC(NC(=O)C1CCN(S(=O)(=O)c2ccccc2)CC1)c1ccc(Cl)cc1. The van der Waals surface area contributed by atoms with Gasteiger partial charge in [0, 0.05) is 24.0 Å². The second-order valence-corrected chi connectivity index (χ2v) is 9.39. The molecule has 7 heteroatoms. The molecule has 0 bridgehead atoms. The number of hydrogen-bond donors (Lipinski definition) is 1. The zero-order valence-corrected chi connectivity index (χ0v) is 17.4. The van der Waals surface area contributed by atoms with E-state index in [1.165, 1.54) is 4.31 Å². The molecule has 0 radical (unpaired) electrons. The summed E-state index contributed by atoms with van der Waals surface area (Å²) in [5.41, 5.74) is 1.02. The van der Waals surface area contributed by atoms with Gasteiger partial charge in [0.05, 0.1) is 10.9 Å². The van der Waals surface area contributed by atoms with E-state index < -0.39 is 10.0 Å². The number of piperidine rings is 1. The second kappa shape index (κ2) is 9.07. The molecule has 0 saturated carbocycles. The predicted octanol–water partition coefficient (Wildman–Crippen LogP) is 4.01. The van der Waals surface area contributed by atoms with Crippen LogP contribution in [0.1, 0.15) is 37.8 Å². The van der Waals surface area contributed by atoms with Crippen LogP contribution in [0.4, 0.5) is 0 Å². The molecule has 3 rings (SSSR count). The Bertz CT molecular complexity index is 893. The van der Waals surface area contributed by atoms with Gasteiger partial charge >= 0.3 is 0 Å². The minimum atomic E-state index is -3.50. The number of benzene rings is 2. The van der Waals surface area contributed by atoms with Gasteiger partial charge in [-0.25, -0.2) is 8.42 Å². The van der Waals surface area contributed by atoms with Crippen LogP contribution in [0.15, 0.2) is 59.5 Å². The van der Waals surface area contributed by atoms with Crippen molar-refractivity contribution in [2.45, 2.75) is 37.1 Å². The molecule has 5 nitrogen and oxygen atoms in total. The second-order valence-electron chi connectivity index (χ2n) is 7.01. The molecule has 1 fully saturated rings. The zero-order chi connectivity index (χ0) is 20.1. The monoisotopic (exact) mass is 420 g/mol. The summed E-state index contributed by atoms with van der Waals surface area (Å²) in [5, 5.41) is 3.77. The summed E-state index contributed by atoms with van der Waals surface area (Å²) in [6.07, 6.45) is 1.82. The van der Waals surface area contributed by atoms with Crippen LogP contribution in [0, 0.1) is 5.92 Å². The first-order valence-corrected chi connectivity index (χ1v) is 11.3. The Balaban J connectivity index is 1.59. The van der Waals surface area contributed by atoms with Gasteiger partial charge in [0.2, 0.25) is 15.9 Å². The molecule has 1 heterocycles. The molecule has 150 valence electrons. The number of halogens is 1. The molecule has 1 unspecified atom stereocenters. The smallest absolute Gasteiger partial charge is 0.243 e. The van der Waals surface area contributed by atoms with Crippen molar-refractivity contribution in [2.75, 3.05) is 13.1 Å². The Morgan fingerprint density at radius 3 is 2.29 bits per heavy atom. The standard InChI is InChI=1S/C21H25ClN2O3S/c1-2-20(16-8-10-18(22)11-9-16)23-21(25)17-12-14-24(15-13-17)28(26,27)19-6-4-3-5-7-19/h3-11,17,20H,2,12-15H2,1H3,(H,23,25). The lowest BCUT2D eigenvalue weighted by Gasteiger charge is -2.31. The summed E-state index contributed by atoms with van der Waals surface area (Å²) < 4.78 is 26.9. The minimum Gasteiger partial charge on any atom is -0.349 e. The third-order valence-electron chi connectivity index (χ3n) is 5.20. The van der Waals surface area contributed by atoms with E-state index in [4.69, 9.17) is 11.6 Å². The minimum absolute atomic E-state index is 0.0152. The van der Waals surface area contributed by atoms with E-state index in [1.54, 1.807) is 30.3 Å². The van der Waals surface area contributed by atoms with Crippen molar-refractivity contribution >= 4 is 27.5 Å². The quantitative estimate of drug-likeness (QED) is 0.767. The highest BCUT2D eigenvalue weighted by molar-refractivity contribution is 7.89. The fourth-order valence-corrected chi connectivity index (χ4v) is 5.12. The Morgan fingerprint density at radius 2 is 1.71 bits per heavy atom. The molecule has 1 amide bonds. The highest BCUT2D eigenvalue weighted by Crippen LogP contribution is 2.25. The lowest BCUT2D eigenvalue weighted by molar-refractivity contribution is -0.126. The molecular formula is C21H25ClN2O3S. The summed E-state index contributed by atoms with van der Waals surface area (Å²) in [6, 6.07) is 15.8. The largest absolute Gasteiger partial charge is 0.349 e. The molecule has 1 N–H and O–H groups in total. The summed E-state index contributed by atoms with van der Waals surface area (Å²) in [7, 11) is -3.50. The van der Waals surface area contributed by atoms with E-state index in [9.17, 15) is 13.2 Å². The number of hydrogen-bond acceptors (Lipinski definition) is 3. The van der Waals surface area contributed by atoms with Crippen molar-refractivity contribution in [1.29, 1.82) is 0 Å². The van der Waals surface area contributed by atoms with Crippen LogP contribution in [-0.4, -0.2) is 31.7 Å². The van der Waals surface area contributed by atoms with Gasteiger partial charge in [-0.3, -0.25) is 4.79 Å².